The van der Waals surface area contributed by atoms with Gasteiger partial charge in [-0.15, -0.1) is 0 Å². The lowest BCUT2D eigenvalue weighted by atomic mass is 9.76. The maximum absolute atomic E-state index is 13.3. The molecule has 2 saturated heterocycles. The summed E-state index contributed by atoms with van der Waals surface area (Å²) in [6.07, 6.45) is 1.49. The second kappa shape index (κ2) is 7.02. The Balaban J connectivity index is 2.18. The average Bonchev–Trinajstić information content (AvgIpc) is 3.07. The number of aliphatic carboxylic acids is 1. The van der Waals surface area contributed by atoms with Crippen LogP contribution in [0.2, 0.25) is 0 Å². The molecule has 29 heavy (non-hydrogen) atoms. The summed E-state index contributed by atoms with van der Waals surface area (Å²) in [5.74, 6) is -4.51. The minimum absolute atomic E-state index is 0.193. The lowest BCUT2D eigenvalue weighted by molar-refractivity contribution is -0.154. The van der Waals surface area contributed by atoms with Gasteiger partial charge < -0.3 is 15.3 Å². The number of nitrogens with one attached hydrogen (secondary N) is 1. The van der Waals surface area contributed by atoms with Gasteiger partial charge in [0.05, 0.1) is 11.8 Å². The SMILES string of the molecule is CCCCC1(C(=O)O)NC(c2cc(O)cc(O)c2)C2C(=O)N(C(C)(C)C)C(=O)C21. The maximum atomic E-state index is 13.3. The Labute approximate surface area is 169 Å². The Morgan fingerprint density at radius 1 is 1.14 bits per heavy atom. The molecule has 2 aliphatic rings. The molecule has 158 valence electrons. The summed E-state index contributed by atoms with van der Waals surface area (Å²) in [4.78, 5) is 40.3. The molecule has 8 heteroatoms. The maximum Gasteiger partial charge on any atom is 0.324 e. The summed E-state index contributed by atoms with van der Waals surface area (Å²) >= 11 is 0. The fraction of sp³-hybridized carbons (Fsp3) is 0.571. The van der Waals surface area contributed by atoms with Crippen molar-refractivity contribution < 1.29 is 29.7 Å². The molecule has 0 aromatic heterocycles. The van der Waals surface area contributed by atoms with E-state index in [-0.39, 0.29) is 17.9 Å². The number of phenols is 2. The zero-order chi connectivity index (χ0) is 21.7. The van der Waals surface area contributed by atoms with E-state index in [1.54, 1.807) is 20.8 Å². The van der Waals surface area contributed by atoms with Gasteiger partial charge in [-0.25, -0.2) is 0 Å². The molecule has 0 saturated carbocycles. The summed E-state index contributed by atoms with van der Waals surface area (Å²) in [5.41, 5.74) is -2.02. The first-order valence-corrected chi connectivity index (χ1v) is 9.86. The smallest absolute Gasteiger partial charge is 0.324 e. The first-order valence-electron chi connectivity index (χ1n) is 9.86. The number of imide groups is 1. The van der Waals surface area contributed by atoms with Crippen LogP contribution in [0.4, 0.5) is 0 Å². The van der Waals surface area contributed by atoms with Crippen LogP contribution in [-0.2, 0) is 14.4 Å². The third kappa shape index (κ3) is 3.25. The van der Waals surface area contributed by atoms with Gasteiger partial charge in [-0.2, -0.15) is 0 Å². The summed E-state index contributed by atoms with van der Waals surface area (Å²) in [6.45, 7) is 7.14. The van der Waals surface area contributed by atoms with Crippen molar-refractivity contribution in [2.45, 2.75) is 64.1 Å². The molecule has 1 aromatic rings. The molecular weight excluding hydrogens is 376 g/mol. The van der Waals surface area contributed by atoms with Crippen molar-refractivity contribution in [3.63, 3.8) is 0 Å². The first kappa shape index (κ1) is 21.1. The summed E-state index contributed by atoms with van der Waals surface area (Å²) in [7, 11) is 0. The van der Waals surface area contributed by atoms with Gasteiger partial charge in [-0.05, 0) is 44.9 Å². The standard InChI is InChI=1S/C21H28N2O6/c1-5-6-7-21(19(28)29)15-14(17(26)23(18(15)27)20(2,3)4)16(22-21)11-8-12(24)10-13(25)9-11/h8-10,14-16,22,24-25H,5-7H2,1-4H3,(H,28,29). The Hall–Kier alpha value is -2.61. The van der Waals surface area contributed by atoms with Crippen molar-refractivity contribution in [1.82, 2.24) is 10.2 Å². The lowest BCUT2D eigenvalue weighted by Crippen LogP contribution is -2.57. The third-order valence-corrected chi connectivity index (χ3v) is 5.92. The van der Waals surface area contributed by atoms with E-state index < -0.39 is 46.7 Å². The van der Waals surface area contributed by atoms with Crippen molar-refractivity contribution in [3.05, 3.63) is 23.8 Å². The van der Waals surface area contributed by atoms with Crippen molar-refractivity contribution in [2.75, 3.05) is 0 Å². The minimum atomic E-state index is -1.60. The quantitative estimate of drug-likeness (QED) is 0.554. The zero-order valence-corrected chi connectivity index (χ0v) is 17.1. The van der Waals surface area contributed by atoms with Crippen LogP contribution >= 0.6 is 0 Å². The van der Waals surface area contributed by atoms with Crippen molar-refractivity contribution >= 4 is 17.8 Å². The number of amides is 2. The van der Waals surface area contributed by atoms with Crippen molar-refractivity contribution in [2.24, 2.45) is 11.8 Å². The van der Waals surface area contributed by atoms with Crippen LogP contribution in [0.5, 0.6) is 11.5 Å². The highest BCUT2D eigenvalue weighted by Gasteiger charge is 2.69. The number of aromatic hydroxyl groups is 2. The summed E-state index contributed by atoms with van der Waals surface area (Å²) in [6, 6.07) is 3.09. The van der Waals surface area contributed by atoms with E-state index >= 15 is 0 Å². The van der Waals surface area contributed by atoms with E-state index in [2.05, 4.69) is 5.32 Å². The highest BCUT2D eigenvalue weighted by molar-refractivity contribution is 6.10. The number of phenolic OH excluding ortho intramolecular Hbond substituents is 2. The minimum Gasteiger partial charge on any atom is -0.508 e. The van der Waals surface area contributed by atoms with Gasteiger partial charge in [-0.1, -0.05) is 19.8 Å². The van der Waals surface area contributed by atoms with Gasteiger partial charge in [0.2, 0.25) is 11.8 Å². The van der Waals surface area contributed by atoms with Gasteiger partial charge >= 0.3 is 5.97 Å². The van der Waals surface area contributed by atoms with E-state index in [1.165, 1.54) is 17.0 Å². The highest BCUT2D eigenvalue weighted by Crippen LogP contribution is 2.52. The average molecular weight is 404 g/mol. The molecule has 2 amide bonds. The number of carboxylic acids is 1. The van der Waals surface area contributed by atoms with Gasteiger partial charge in [0, 0.05) is 17.6 Å². The van der Waals surface area contributed by atoms with Crippen LogP contribution in [0, 0.1) is 11.8 Å². The Bertz CT molecular complexity index is 841. The third-order valence-electron chi connectivity index (χ3n) is 5.92. The van der Waals surface area contributed by atoms with Crippen LogP contribution < -0.4 is 5.32 Å². The number of benzene rings is 1. The molecule has 4 unspecified atom stereocenters. The molecule has 8 nitrogen and oxygen atoms in total. The fourth-order valence-electron chi connectivity index (χ4n) is 4.74. The number of hydrogen-bond acceptors (Lipinski definition) is 6. The predicted molar refractivity (Wildman–Crippen MR) is 104 cm³/mol. The largest absolute Gasteiger partial charge is 0.508 e. The zero-order valence-electron chi connectivity index (χ0n) is 17.1. The Morgan fingerprint density at radius 2 is 1.72 bits per heavy atom. The number of carboxylic acid groups (broad SMARTS) is 1. The molecule has 0 radical (unpaired) electrons. The lowest BCUT2D eigenvalue weighted by Gasteiger charge is -2.35. The molecule has 4 atom stereocenters. The molecule has 3 rings (SSSR count). The molecule has 0 bridgehead atoms. The molecule has 0 spiro atoms. The predicted octanol–water partition coefficient (Wildman–Crippen LogP) is 2.16. The van der Waals surface area contributed by atoms with Gasteiger partial charge in [-0.3, -0.25) is 24.6 Å². The first-order chi connectivity index (χ1) is 13.4. The number of carbonyl (C=O) groups is 3. The van der Waals surface area contributed by atoms with Crippen molar-refractivity contribution in [1.29, 1.82) is 0 Å². The fourth-order valence-corrected chi connectivity index (χ4v) is 4.74. The monoisotopic (exact) mass is 404 g/mol. The molecule has 2 aliphatic heterocycles. The number of rotatable bonds is 5. The van der Waals surface area contributed by atoms with E-state index in [1.807, 2.05) is 6.92 Å². The topological polar surface area (TPSA) is 127 Å². The Kier molecular flexibility index (Phi) is 5.11. The van der Waals surface area contributed by atoms with Crippen LogP contribution in [0.1, 0.15) is 58.6 Å². The van der Waals surface area contributed by atoms with Gasteiger partial charge in [0.1, 0.15) is 17.0 Å². The molecule has 4 N–H and O–H groups in total. The molecule has 2 heterocycles. The molecular formula is C21H28N2O6. The highest BCUT2D eigenvalue weighted by atomic mass is 16.4. The van der Waals surface area contributed by atoms with Gasteiger partial charge in [0.25, 0.3) is 0 Å². The van der Waals surface area contributed by atoms with Gasteiger partial charge in [0.15, 0.2) is 0 Å². The summed E-state index contributed by atoms with van der Waals surface area (Å²) in [5, 5.41) is 33.0. The number of hydrogen-bond donors (Lipinski definition) is 4. The second-order valence-corrected chi connectivity index (χ2v) is 8.97. The number of likely N-dealkylation sites (tertiary alicyclic amines) is 1. The van der Waals surface area contributed by atoms with E-state index in [0.29, 0.717) is 12.0 Å². The van der Waals surface area contributed by atoms with E-state index in [4.69, 9.17) is 0 Å². The van der Waals surface area contributed by atoms with Crippen LogP contribution in [0.3, 0.4) is 0 Å². The van der Waals surface area contributed by atoms with Crippen molar-refractivity contribution in [3.8, 4) is 11.5 Å². The second-order valence-electron chi connectivity index (χ2n) is 8.97. The molecule has 2 fully saturated rings. The van der Waals surface area contributed by atoms with E-state index in [9.17, 15) is 29.7 Å². The number of unbranched alkanes of at least 4 members (excludes halogenated alkanes) is 1. The number of carbonyl (C=O) groups excluding carboxylic acids is 2. The summed E-state index contributed by atoms with van der Waals surface area (Å²) < 4.78 is 0. The van der Waals surface area contributed by atoms with E-state index in [0.717, 1.165) is 12.5 Å². The number of nitrogens with zero attached hydrogens (tertiary/aromatic N) is 1. The molecule has 0 aliphatic carbocycles. The number of fused-ring (bicyclic) bond motifs is 1. The Morgan fingerprint density at radius 3 is 2.21 bits per heavy atom. The normalized spacial score (nSPS) is 29.4. The van der Waals surface area contributed by atoms with Crippen LogP contribution in [0.15, 0.2) is 18.2 Å². The molecule has 1 aromatic carbocycles. The van der Waals surface area contributed by atoms with Crippen LogP contribution in [0.25, 0.3) is 0 Å². The van der Waals surface area contributed by atoms with Crippen LogP contribution in [-0.4, -0.2) is 49.1 Å².